The van der Waals surface area contributed by atoms with Gasteiger partial charge in [0.1, 0.15) is 4.99 Å². The minimum Gasteiger partial charge on any atom is -0.389 e. The molecule has 0 bridgehead atoms. The lowest BCUT2D eigenvalue weighted by Crippen LogP contribution is -2.49. The van der Waals surface area contributed by atoms with Crippen LogP contribution in [0.4, 0.5) is 5.69 Å². The predicted octanol–water partition coefficient (Wildman–Crippen LogP) is -0.00580. The molecule has 1 amide bonds. The van der Waals surface area contributed by atoms with Gasteiger partial charge in [-0.3, -0.25) is 9.78 Å². The van der Waals surface area contributed by atoms with E-state index in [9.17, 15) is 4.79 Å². The van der Waals surface area contributed by atoms with Crippen LogP contribution in [-0.2, 0) is 4.79 Å². The topological polar surface area (TPSA) is 62.5 Å². The Hall–Kier alpha value is -1.69. The maximum atomic E-state index is 11.7. The zero-order valence-corrected chi connectivity index (χ0v) is 10.4. The fraction of sp³-hybridized carbons (Fsp3) is 0.364. The van der Waals surface area contributed by atoms with Gasteiger partial charge in [-0.15, -0.1) is 0 Å². The van der Waals surface area contributed by atoms with Crippen LogP contribution in [0.5, 0.6) is 0 Å². The van der Waals surface area contributed by atoms with Crippen molar-refractivity contribution < 1.29 is 4.79 Å². The molecule has 2 N–H and O–H groups in total. The second-order valence-electron chi connectivity index (χ2n) is 3.99. The van der Waals surface area contributed by atoms with Gasteiger partial charge in [0.15, 0.2) is 0 Å². The first-order valence-electron chi connectivity index (χ1n) is 5.32. The van der Waals surface area contributed by atoms with Crippen LogP contribution < -0.4 is 10.6 Å². The number of rotatable bonds is 2. The van der Waals surface area contributed by atoms with E-state index >= 15 is 0 Å². The van der Waals surface area contributed by atoms with Crippen molar-refractivity contribution in [1.29, 1.82) is 0 Å². The van der Waals surface area contributed by atoms with E-state index in [1.807, 2.05) is 4.90 Å². The SMILES string of the molecule is CN1CCN(c2cnccc2C(N)=S)CC1=O. The van der Waals surface area contributed by atoms with E-state index < -0.39 is 0 Å². The van der Waals surface area contributed by atoms with E-state index in [0.717, 1.165) is 17.8 Å². The number of carbonyl (C=O) groups excluding carboxylic acids is 1. The Kier molecular flexibility index (Phi) is 3.23. The van der Waals surface area contributed by atoms with Crippen LogP contribution in [-0.4, -0.2) is 47.5 Å². The third kappa shape index (κ3) is 2.36. The molecule has 5 nitrogen and oxygen atoms in total. The summed E-state index contributed by atoms with van der Waals surface area (Å²) in [7, 11) is 1.80. The van der Waals surface area contributed by atoms with E-state index in [4.69, 9.17) is 18.0 Å². The number of anilines is 1. The summed E-state index contributed by atoms with van der Waals surface area (Å²) in [6, 6.07) is 1.78. The quantitative estimate of drug-likeness (QED) is 0.748. The van der Waals surface area contributed by atoms with Crippen molar-refractivity contribution in [2.24, 2.45) is 5.73 Å². The third-order valence-corrected chi connectivity index (χ3v) is 3.08. The highest BCUT2D eigenvalue weighted by atomic mass is 32.1. The fourth-order valence-electron chi connectivity index (χ4n) is 1.81. The summed E-state index contributed by atoms with van der Waals surface area (Å²) in [5, 5.41) is 0. The lowest BCUT2D eigenvalue weighted by molar-refractivity contribution is -0.129. The number of piperazine rings is 1. The summed E-state index contributed by atoms with van der Waals surface area (Å²) in [5.74, 6) is 0.0917. The summed E-state index contributed by atoms with van der Waals surface area (Å²) in [4.78, 5) is 19.7. The number of aromatic nitrogens is 1. The Morgan fingerprint density at radius 3 is 2.94 bits per heavy atom. The Balaban J connectivity index is 2.29. The molecule has 0 aliphatic carbocycles. The molecule has 1 fully saturated rings. The molecule has 2 rings (SSSR count). The molecule has 1 aliphatic rings. The van der Waals surface area contributed by atoms with Gasteiger partial charge in [-0.05, 0) is 6.07 Å². The van der Waals surface area contributed by atoms with E-state index in [1.54, 1.807) is 30.4 Å². The van der Waals surface area contributed by atoms with Crippen LogP contribution in [0.15, 0.2) is 18.5 Å². The number of hydrogen-bond acceptors (Lipinski definition) is 4. The number of nitrogens with two attached hydrogens (primary N) is 1. The molecule has 90 valence electrons. The summed E-state index contributed by atoms with van der Waals surface area (Å²) < 4.78 is 0. The first-order valence-corrected chi connectivity index (χ1v) is 5.73. The normalized spacial score (nSPS) is 16.2. The molecule has 17 heavy (non-hydrogen) atoms. The third-order valence-electron chi connectivity index (χ3n) is 2.86. The molecule has 6 heteroatoms. The Morgan fingerprint density at radius 1 is 1.53 bits per heavy atom. The molecular formula is C11H14N4OS. The molecule has 1 aliphatic heterocycles. The van der Waals surface area contributed by atoms with E-state index in [-0.39, 0.29) is 5.91 Å². The van der Waals surface area contributed by atoms with E-state index in [0.29, 0.717) is 18.1 Å². The molecule has 0 aromatic carbocycles. The Bertz CT molecular complexity index is 463. The fourth-order valence-corrected chi connectivity index (χ4v) is 1.98. The molecule has 1 aromatic rings. The van der Waals surface area contributed by atoms with Gasteiger partial charge in [-0.25, -0.2) is 0 Å². The van der Waals surface area contributed by atoms with Crippen LogP contribution in [0.1, 0.15) is 5.56 Å². The van der Waals surface area contributed by atoms with Gasteiger partial charge in [0, 0.05) is 31.9 Å². The average Bonchev–Trinajstić information content (AvgIpc) is 2.32. The summed E-state index contributed by atoms with van der Waals surface area (Å²) >= 11 is 5.00. The second kappa shape index (κ2) is 4.67. The molecule has 0 unspecified atom stereocenters. The number of carbonyl (C=O) groups is 1. The maximum absolute atomic E-state index is 11.7. The van der Waals surface area contributed by atoms with Crippen LogP contribution in [0, 0.1) is 0 Å². The van der Waals surface area contributed by atoms with Crippen molar-refractivity contribution >= 4 is 28.8 Å². The number of likely N-dealkylation sites (N-methyl/N-ethyl adjacent to an activating group) is 1. The molecule has 0 radical (unpaired) electrons. The number of nitrogens with zero attached hydrogens (tertiary/aromatic N) is 3. The largest absolute Gasteiger partial charge is 0.389 e. The Labute approximate surface area is 105 Å². The number of hydrogen-bond donors (Lipinski definition) is 1. The minimum atomic E-state index is 0.0917. The number of thiocarbonyl (C=S) groups is 1. The van der Waals surface area contributed by atoms with Crippen LogP contribution in [0.25, 0.3) is 0 Å². The molecule has 0 saturated carbocycles. The summed E-state index contributed by atoms with van der Waals surface area (Å²) in [6.45, 7) is 1.81. The first kappa shape index (κ1) is 11.8. The van der Waals surface area contributed by atoms with Gasteiger partial charge in [-0.1, -0.05) is 12.2 Å². The Morgan fingerprint density at radius 2 is 2.29 bits per heavy atom. The van der Waals surface area contributed by atoms with Crippen molar-refractivity contribution in [2.75, 3.05) is 31.6 Å². The van der Waals surface area contributed by atoms with Crippen LogP contribution in [0.2, 0.25) is 0 Å². The van der Waals surface area contributed by atoms with Crippen molar-refractivity contribution in [1.82, 2.24) is 9.88 Å². The van der Waals surface area contributed by atoms with Crippen LogP contribution in [0.3, 0.4) is 0 Å². The maximum Gasteiger partial charge on any atom is 0.241 e. The van der Waals surface area contributed by atoms with Crippen molar-refractivity contribution in [3.8, 4) is 0 Å². The standard InChI is InChI=1S/C11H14N4OS/c1-14-4-5-15(7-10(14)16)9-6-13-3-2-8(9)11(12)17/h2-3,6H,4-5,7H2,1H3,(H2,12,17). The molecule has 1 saturated heterocycles. The lowest BCUT2D eigenvalue weighted by atomic mass is 10.2. The highest BCUT2D eigenvalue weighted by Crippen LogP contribution is 2.20. The zero-order valence-electron chi connectivity index (χ0n) is 9.59. The second-order valence-corrected chi connectivity index (χ2v) is 4.43. The van der Waals surface area contributed by atoms with E-state index in [1.165, 1.54) is 0 Å². The number of amides is 1. The highest BCUT2D eigenvalue weighted by Gasteiger charge is 2.23. The van der Waals surface area contributed by atoms with Crippen LogP contribution >= 0.6 is 12.2 Å². The molecule has 0 atom stereocenters. The van der Waals surface area contributed by atoms with Crippen molar-refractivity contribution in [3.63, 3.8) is 0 Å². The van der Waals surface area contributed by atoms with Gasteiger partial charge in [0.25, 0.3) is 0 Å². The van der Waals surface area contributed by atoms with Gasteiger partial charge >= 0.3 is 0 Å². The van der Waals surface area contributed by atoms with Gasteiger partial charge in [-0.2, -0.15) is 0 Å². The van der Waals surface area contributed by atoms with Gasteiger partial charge in [0.05, 0.1) is 18.4 Å². The minimum absolute atomic E-state index is 0.0917. The highest BCUT2D eigenvalue weighted by molar-refractivity contribution is 7.80. The summed E-state index contributed by atoms with van der Waals surface area (Å²) in [6.07, 6.45) is 3.35. The predicted molar refractivity (Wildman–Crippen MR) is 70.0 cm³/mol. The van der Waals surface area contributed by atoms with E-state index in [2.05, 4.69) is 4.98 Å². The molecule has 1 aromatic heterocycles. The smallest absolute Gasteiger partial charge is 0.241 e. The van der Waals surface area contributed by atoms with Crippen molar-refractivity contribution in [3.05, 3.63) is 24.0 Å². The molecule has 0 spiro atoms. The van der Waals surface area contributed by atoms with Gasteiger partial charge in [0.2, 0.25) is 5.91 Å². The number of pyridine rings is 1. The molecular weight excluding hydrogens is 236 g/mol. The monoisotopic (exact) mass is 250 g/mol. The lowest BCUT2D eigenvalue weighted by Gasteiger charge is -2.34. The van der Waals surface area contributed by atoms with Crippen molar-refractivity contribution in [2.45, 2.75) is 0 Å². The average molecular weight is 250 g/mol. The zero-order chi connectivity index (χ0) is 12.4. The van der Waals surface area contributed by atoms with Gasteiger partial charge < -0.3 is 15.5 Å². The molecule has 2 heterocycles. The summed E-state index contributed by atoms with van der Waals surface area (Å²) in [5.41, 5.74) is 7.27. The first-order chi connectivity index (χ1) is 8.09.